The summed E-state index contributed by atoms with van der Waals surface area (Å²) in [6.45, 7) is 0. The molecule has 0 fully saturated rings. The van der Waals surface area contributed by atoms with E-state index in [1.54, 1.807) is 0 Å². The van der Waals surface area contributed by atoms with Gasteiger partial charge in [-0.2, -0.15) is 0 Å². The molecule has 1 radical (unpaired) electrons. The summed E-state index contributed by atoms with van der Waals surface area (Å²) in [7, 11) is 4.59. The fourth-order valence-corrected chi connectivity index (χ4v) is 0.687. The predicted octanol–water partition coefficient (Wildman–Crippen LogP) is 1.98. The number of halogens is 5. The van der Waals surface area contributed by atoms with Gasteiger partial charge in [-0.25, -0.2) is 0 Å². The van der Waals surface area contributed by atoms with Crippen LogP contribution in [-0.2, 0) is 0 Å². The van der Waals surface area contributed by atoms with E-state index in [1.807, 2.05) is 0 Å². The van der Waals surface area contributed by atoms with Gasteiger partial charge >= 0.3 is 64.4 Å². The third-order valence-corrected chi connectivity index (χ3v) is 1.34. The van der Waals surface area contributed by atoms with E-state index in [-0.39, 0.29) is 0 Å². The number of hydrogen-bond donors (Lipinski definition) is 0. The van der Waals surface area contributed by atoms with Crippen LogP contribution < -0.4 is 0 Å². The van der Waals surface area contributed by atoms with Gasteiger partial charge in [-0.3, -0.25) is 0 Å². The first-order valence-electron chi connectivity index (χ1n) is 2.84. The molecule has 0 saturated heterocycles. The standard InChI is InChI=1S/C6HBF5/c7-1-2(8)4(10)6(12)5(11)3(1)9/h2H. The van der Waals surface area contributed by atoms with E-state index >= 15 is 0 Å². The maximum absolute atomic E-state index is 12.4. The average molecular weight is 179 g/mol. The van der Waals surface area contributed by atoms with E-state index in [4.69, 9.17) is 0 Å². The zero-order valence-electron chi connectivity index (χ0n) is 5.54. The number of allylic oxidation sites excluding steroid dienone is 4. The van der Waals surface area contributed by atoms with Crippen LogP contribution in [0.15, 0.2) is 23.3 Å². The third-order valence-electron chi connectivity index (χ3n) is 1.34. The van der Waals surface area contributed by atoms with Crippen LogP contribution in [0.3, 0.4) is 0 Å². The van der Waals surface area contributed by atoms with E-state index in [0.29, 0.717) is 0 Å². The van der Waals surface area contributed by atoms with E-state index in [0.717, 1.165) is 0 Å². The van der Waals surface area contributed by atoms with Crippen LogP contribution in [0.25, 0.3) is 0 Å². The third kappa shape index (κ3) is 1.11. The zero-order chi connectivity index (χ0) is 9.46. The molecule has 6 heteroatoms. The molecular formula is C6HBF5. The maximum atomic E-state index is 12.4. The molecule has 0 N–H and O–H groups in total. The topological polar surface area (TPSA) is 0 Å². The van der Waals surface area contributed by atoms with E-state index in [1.165, 1.54) is 0 Å². The van der Waals surface area contributed by atoms with Gasteiger partial charge in [-0.1, -0.05) is 0 Å². The molecule has 0 aromatic heterocycles. The Hall–Kier alpha value is -0.935. The molecule has 1 unspecified atom stereocenters. The normalized spacial score (nSPS) is 25.3. The Balaban J connectivity index is 3.27. The molecule has 0 aromatic carbocycles. The molecule has 0 spiro atoms. The Morgan fingerprint density at radius 3 is 1.92 bits per heavy atom. The van der Waals surface area contributed by atoms with Gasteiger partial charge in [0.1, 0.15) is 0 Å². The molecule has 12 heavy (non-hydrogen) atoms. The quantitative estimate of drug-likeness (QED) is 0.393. The van der Waals surface area contributed by atoms with Gasteiger partial charge < -0.3 is 0 Å². The first-order valence-corrected chi connectivity index (χ1v) is 2.84. The van der Waals surface area contributed by atoms with Gasteiger partial charge in [0.15, 0.2) is 0 Å². The Bertz CT molecular complexity index is 303. The van der Waals surface area contributed by atoms with Crippen molar-refractivity contribution in [3.63, 3.8) is 0 Å². The molecule has 1 atom stereocenters. The summed E-state index contributed by atoms with van der Waals surface area (Å²) in [5, 5.41) is 0. The molecule has 63 valence electrons. The van der Waals surface area contributed by atoms with Crippen molar-refractivity contribution in [2.45, 2.75) is 6.17 Å². The Kier molecular flexibility index (Phi) is 2.17. The molecule has 0 nitrogen and oxygen atoms in total. The first-order chi connectivity index (χ1) is 5.46. The monoisotopic (exact) mass is 179 g/mol. The molecule has 0 bridgehead atoms. The molecule has 0 aromatic rings. The average Bonchev–Trinajstić information content (AvgIpc) is 2.08. The molecule has 0 heterocycles. The van der Waals surface area contributed by atoms with E-state index in [2.05, 4.69) is 7.49 Å². The van der Waals surface area contributed by atoms with Crippen LogP contribution in [-0.4, -0.2) is 19.1 Å². The van der Waals surface area contributed by atoms with E-state index in [9.17, 15) is 22.0 Å². The molecule has 1 aliphatic rings. The summed E-state index contributed by atoms with van der Waals surface area (Å²) in [6, 6.07) is 0. The second kappa shape index (κ2) is 2.84. The second-order valence-electron chi connectivity index (χ2n) is 2.11. The van der Waals surface area contributed by atoms with Crippen LogP contribution in [0.5, 0.6) is 0 Å². The Morgan fingerprint density at radius 1 is 0.917 bits per heavy atom. The van der Waals surface area contributed by atoms with Crippen LogP contribution >= 0.6 is 0 Å². The van der Waals surface area contributed by atoms with Crippen LogP contribution in [0, 0.1) is 0 Å². The summed E-state index contributed by atoms with van der Waals surface area (Å²) in [5.74, 6) is -8.19. The molecule has 0 saturated carbocycles. The van der Waals surface area contributed by atoms with Crippen molar-refractivity contribution in [2.75, 3.05) is 0 Å². The number of rotatable bonds is 0. The van der Waals surface area contributed by atoms with Crippen molar-refractivity contribution in [3.8, 4) is 0 Å². The molecule has 1 aliphatic carbocycles. The minimum absolute atomic E-state index is 1.29. The molecule has 0 aliphatic heterocycles. The van der Waals surface area contributed by atoms with Gasteiger partial charge in [-0.05, 0) is 0 Å². The molecular weight excluding hydrogens is 178 g/mol. The van der Waals surface area contributed by atoms with Crippen molar-refractivity contribution < 1.29 is 22.0 Å². The van der Waals surface area contributed by atoms with Gasteiger partial charge in [0, 0.05) is 0 Å². The summed E-state index contributed by atoms with van der Waals surface area (Å²) in [6.07, 6.45) is -2.73. The van der Waals surface area contributed by atoms with E-state index < -0.39 is 34.9 Å². The van der Waals surface area contributed by atoms with Gasteiger partial charge in [0.05, 0.1) is 0 Å². The van der Waals surface area contributed by atoms with Crippen LogP contribution in [0.4, 0.5) is 22.0 Å². The van der Waals surface area contributed by atoms with Crippen molar-refractivity contribution in [3.05, 3.63) is 23.3 Å². The summed E-state index contributed by atoms with van der Waals surface area (Å²) < 4.78 is 61.3. The van der Waals surface area contributed by atoms with Crippen molar-refractivity contribution >= 4 is 13.0 Å². The van der Waals surface area contributed by atoms with Crippen LogP contribution in [0.2, 0.25) is 0 Å². The predicted molar refractivity (Wildman–Crippen MR) is 34.1 cm³/mol. The fraction of sp³-hybridized carbons (Fsp3) is 0.167. The molecule has 0 amide bonds. The second-order valence-corrected chi connectivity index (χ2v) is 2.11. The zero-order valence-corrected chi connectivity index (χ0v) is 5.54. The fourth-order valence-electron chi connectivity index (χ4n) is 0.687. The summed E-state index contributed by atoms with van der Waals surface area (Å²) >= 11 is 0. The van der Waals surface area contributed by atoms with Crippen molar-refractivity contribution in [1.82, 2.24) is 0 Å². The van der Waals surface area contributed by atoms with Crippen molar-refractivity contribution in [2.24, 2.45) is 0 Å². The van der Waals surface area contributed by atoms with Gasteiger partial charge in [0.25, 0.3) is 0 Å². The SMILES string of the molecule is [B]=C1C(F)=C(F)C(F)=C(F)C1F. The Labute approximate surface area is 65.4 Å². The van der Waals surface area contributed by atoms with Gasteiger partial charge in [-0.15, -0.1) is 0 Å². The first kappa shape index (κ1) is 9.16. The summed E-state index contributed by atoms with van der Waals surface area (Å²) in [4.78, 5) is 0. The van der Waals surface area contributed by atoms with Crippen molar-refractivity contribution in [1.29, 1.82) is 0 Å². The number of alkyl halides is 1. The Morgan fingerprint density at radius 2 is 1.42 bits per heavy atom. The van der Waals surface area contributed by atoms with Gasteiger partial charge in [0.2, 0.25) is 0 Å². The van der Waals surface area contributed by atoms with Crippen LogP contribution in [0.1, 0.15) is 0 Å². The number of hydrogen-bond acceptors (Lipinski definition) is 0. The molecule has 1 rings (SSSR count). The summed E-state index contributed by atoms with van der Waals surface area (Å²) in [5.41, 5.74) is -1.29. The minimum atomic E-state index is -2.73.